The Labute approximate surface area is 190 Å². The van der Waals surface area contributed by atoms with E-state index in [-0.39, 0.29) is 36.5 Å². The lowest BCUT2D eigenvalue weighted by molar-refractivity contribution is 0.137. The van der Waals surface area contributed by atoms with Crippen molar-refractivity contribution in [1.82, 2.24) is 10.0 Å². The number of fused-ring (bicyclic) bond motifs is 3. The summed E-state index contributed by atoms with van der Waals surface area (Å²) < 4.78 is 86.6. The monoisotopic (exact) mass is 506 g/mol. The molecule has 2 aromatic rings. The van der Waals surface area contributed by atoms with Gasteiger partial charge in [-0.3, -0.25) is 0 Å². The van der Waals surface area contributed by atoms with Gasteiger partial charge in [0.05, 0.1) is 22.8 Å². The number of piperidine rings is 1. The van der Waals surface area contributed by atoms with Crippen molar-refractivity contribution < 1.29 is 30.4 Å². The van der Waals surface area contributed by atoms with Gasteiger partial charge in [-0.05, 0) is 49.2 Å². The molecular formula is C20H21ClF2N2O5S2. The smallest absolute Gasteiger partial charge is 0.208 e. The molecule has 1 fully saturated rings. The number of halogens is 3. The molecule has 2 heterocycles. The lowest BCUT2D eigenvalue weighted by Crippen LogP contribution is -2.65. The molecule has 0 aliphatic carbocycles. The molecule has 2 aliphatic heterocycles. The van der Waals surface area contributed by atoms with E-state index in [2.05, 4.69) is 10.0 Å². The third kappa shape index (κ3) is 3.90. The predicted octanol–water partition coefficient (Wildman–Crippen LogP) is 2.35. The Balaban J connectivity index is 1.85. The summed E-state index contributed by atoms with van der Waals surface area (Å²) >= 11 is 5.91. The van der Waals surface area contributed by atoms with E-state index < -0.39 is 54.1 Å². The minimum Gasteiger partial charge on any atom is -0.488 e. The van der Waals surface area contributed by atoms with Crippen molar-refractivity contribution in [2.45, 2.75) is 34.6 Å². The number of benzene rings is 2. The zero-order chi connectivity index (χ0) is 23.3. The first-order valence-electron chi connectivity index (χ1n) is 9.78. The molecule has 12 heteroatoms. The van der Waals surface area contributed by atoms with Crippen LogP contribution in [-0.4, -0.2) is 48.3 Å². The number of ether oxygens (including phenoxy) is 1. The van der Waals surface area contributed by atoms with E-state index in [0.717, 1.165) is 18.4 Å². The van der Waals surface area contributed by atoms with Gasteiger partial charge in [0, 0.05) is 17.6 Å². The van der Waals surface area contributed by atoms with E-state index in [9.17, 15) is 21.2 Å². The van der Waals surface area contributed by atoms with Crippen LogP contribution >= 0.6 is 11.6 Å². The maximum atomic E-state index is 15.1. The zero-order valence-electron chi connectivity index (χ0n) is 16.9. The minimum absolute atomic E-state index is 0.0187. The summed E-state index contributed by atoms with van der Waals surface area (Å²) in [5.41, 5.74) is -0.356. The van der Waals surface area contributed by atoms with Crippen molar-refractivity contribution in [2.75, 3.05) is 19.4 Å². The highest BCUT2D eigenvalue weighted by molar-refractivity contribution is 7.92. The van der Waals surface area contributed by atoms with Gasteiger partial charge in [-0.1, -0.05) is 11.6 Å². The maximum Gasteiger partial charge on any atom is 0.208 e. The summed E-state index contributed by atoms with van der Waals surface area (Å²) in [6, 6.07) is 5.88. The van der Waals surface area contributed by atoms with Crippen molar-refractivity contribution in [3.63, 3.8) is 0 Å². The highest BCUT2D eigenvalue weighted by atomic mass is 35.5. The first-order valence-corrected chi connectivity index (χ1v) is 13.5. The Morgan fingerprint density at radius 3 is 2.44 bits per heavy atom. The van der Waals surface area contributed by atoms with Crippen molar-refractivity contribution in [3.8, 4) is 5.75 Å². The normalized spacial score (nSPS) is 25.5. The molecule has 0 radical (unpaired) electrons. The maximum absolute atomic E-state index is 15.1. The number of hydrogen-bond donors (Lipinski definition) is 2. The SMILES string of the molecule is CS(=O)(=O)NC[C@@H]1CC[C@@]2(S(=O)(=O)c3ccc(Cl)cc3)c3c(F)ccc(F)c3OC[C@H]2N1. The Morgan fingerprint density at radius 1 is 1.12 bits per heavy atom. The van der Waals surface area contributed by atoms with Gasteiger partial charge < -0.3 is 10.1 Å². The van der Waals surface area contributed by atoms with Crippen LogP contribution in [0, 0.1) is 11.6 Å². The van der Waals surface area contributed by atoms with Gasteiger partial charge in [-0.15, -0.1) is 0 Å². The van der Waals surface area contributed by atoms with Crippen LogP contribution in [0.2, 0.25) is 5.02 Å². The molecule has 0 bridgehead atoms. The summed E-state index contributed by atoms with van der Waals surface area (Å²) in [5, 5.41) is 3.43. The van der Waals surface area contributed by atoms with E-state index in [4.69, 9.17) is 16.3 Å². The molecule has 0 aromatic heterocycles. The van der Waals surface area contributed by atoms with Crippen LogP contribution < -0.4 is 14.8 Å². The zero-order valence-corrected chi connectivity index (χ0v) is 19.3. The summed E-state index contributed by atoms with van der Waals surface area (Å²) in [5.74, 6) is -2.17. The summed E-state index contributed by atoms with van der Waals surface area (Å²) in [6.07, 6.45) is 1.15. The number of sulfonamides is 1. The molecular weight excluding hydrogens is 486 g/mol. The molecule has 4 rings (SSSR count). The Hall–Kier alpha value is -1.79. The first-order chi connectivity index (χ1) is 15.0. The quantitative estimate of drug-likeness (QED) is 0.645. The number of hydrogen-bond acceptors (Lipinski definition) is 6. The van der Waals surface area contributed by atoms with E-state index >= 15 is 4.39 Å². The average Bonchev–Trinajstić information content (AvgIpc) is 2.73. The van der Waals surface area contributed by atoms with E-state index in [1.165, 1.54) is 24.3 Å². The Kier molecular flexibility index (Phi) is 6.00. The Morgan fingerprint density at radius 2 is 1.78 bits per heavy atom. The number of sulfone groups is 1. The van der Waals surface area contributed by atoms with Crippen LogP contribution in [0.3, 0.4) is 0 Å². The lowest BCUT2D eigenvalue weighted by Gasteiger charge is -2.49. The van der Waals surface area contributed by atoms with E-state index in [1.807, 2.05) is 0 Å². The molecule has 0 spiro atoms. The van der Waals surface area contributed by atoms with Gasteiger partial charge in [0.2, 0.25) is 10.0 Å². The molecule has 1 saturated heterocycles. The van der Waals surface area contributed by atoms with Crippen molar-refractivity contribution in [1.29, 1.82) is 0 Å². The fraction of sp³-hybridized carbons (Fsp3) is 0.400. The highest BCUT2D eigenvalue weighted by Gasteiger charge is 2.59. The molecule has 2 aromatic carbocycles. The highest BCUT2D eigenvalue weighted by Crippen LogP contribution is 2.52. The van der Waals surface area contributed by atoms with Gasteiger partial charge in [-0.2, -0.15) is 0 Å². The van der Waals surface area contributed by atoms with Crippen molar-refractivity contribution in [2.24, 2.45) is 0 Å². The Bertz CT molecular complexity index is 1260. The second kappa shape index (κ2) is 8.21. The van der Waals surface area contributed by atoms with Crippen LogP contribution in [0.4, 0.5) is 8.78 Å². The standard InChI is InChI=1S/C20H21ClF2N2O5S2/c1-31(26,27)24-10-13-8-9-20(32(28,29)14-4-2-12(21)3-5-14)17(25-13)11-30-19-16(23)7-6-15(22)18(19)20/h2-7,13,17,24-25H,8-11H2,1H3/t13-,17+,20-/m0/s1. The third-order valence-electron chi connectivity index (χ3n) is 5.94. The number of nitrogens with one attached hydrogen (secondary N) is 2. The van der Waals surface area contributed by atoms with Crippen LogP contribution in [0.5, 0.6) is 5.75 Å². The largest absolute Gasteiger partial charge is 0.488 e. The van der Waals surface area contributed by atoms with Crippen molar-refractivity contribution in [3.05, 3.63) is 58.6 Å². The minimum atomic E-state index is -4.27. The number of rotatable bonds is 5. The molecule has 0 amide bonds. The lowest BCUT2D eigenvalue weighted by atomic mass is 9.79. The molecule has 2 N–H and O–H groups in total. The third-order valence-corrected chi connectivity index (χ3v) is 9.42. The average molecular weight is 507 g/mol. The second-order valence-corrected chi connectivity index (χ2v) is 12.4. The van der Waals surface area contributed by atoms with Crippen LogP contribution in [0.25, 0.3) is 0 Å². The fourth-order valence-electron chi connectivity index (χ4n) is 4.48. The van der Waals surface area contributed by atoms with Gasteiger partial charge >= 0.3 is 0 Å². The van der Waals surface area contributed by atoms with Crippen LogP contribution in [-0.2, 0) is 24.6 Å². The molecule has 3 atom stereocenters. The fourth-order valence-corrected chi connectivity index (χ4v) is 7.38. The van der Waals surface area contributed by atoms with Gasteiger partial charge in [0.1, 0.15) is 17.2 Å². The topological polar surface area (TPSA) is 102 Å². The molecule has 32 heavy (non-hydrogen) atoms. The molecule has 7 nitrogen and oxygen atoms in total. The van der Waals surface area contributed by atoms with Gasteiger partial charge in [0.15, 0.2) is 21.4 Å². The van der Waals surface area contributed by atoms with E-state index in [1.54, 1.807) is 0 Å². The first kappa shape index (κ1) is 23.4. The summed E-state index contributed by atoms with van der Waals surface area (Å²) in [7, 11) is -7.73. The molecule has 0 saturated carbocycles. The second-order valence-electron chi connectivity index (χ2n) is 7.97. The van der Waals surface area contributed by atoms with Crippen LogP contribution in [0.1, 0.15) is 18.4 Å². The van der Waals surface area contributed by atoms with Gasteiger partial charge in [0.25, 0.3) is 0 Å². The molecule has 0 unspecified atom stereocenters. The molecule has 174 valence electrons. The van der Waals surface area contributed by atoms with E-state index in [0.29, 0.717) is 5.02 Å². The summed E-state index contributed by atoms with van der Waals surface area (Å²) in [6.45, 7) is -0.222. The van der Waals surface area contributed by atoms with Gasteiger partial charge in [-0.25, -0.2) is 30.3 Å². The molecule has 2 aliphatic rings. The predicted molar refractivity (Wildman–Crippen MR) is 115 cm³/mol. The van der Waals surface area contributed by atoms with Crippen molar-refractivity contribution >= 4 is 31.5 Å². The van der Waals surface area contributed by atoms with Crippen LogP contribution in [0.15, 0.2) is 41.3 Å². The summed E-state index contributed by atoms with van der Waals surface area (Å²) in [4.78, 5) is -0.0853.